The van der Waals surface area contributed by atoms with E-state index in [0.717, 1.165) is 0 Å². The van der Waals surface area contributed by atoms with Crippen molar-refractivity contribution in [1.29, 1.82) is 0 Å². The Morgan fingerprint density at radius 2 is 1.04 bits per heavy atom. The smallest absolute Gasteiger partial charge is 0.376 e. The van der Waals surface area contributed by atoms with Crippen LogP contribution >= 0.6 is 12.2 Å². The molecular weight excluding hydrogens is 415 g/mol. The number of nitrogens with two attached hydrogens (primary N) is 1. The second-order valence-corrected chi connectivity index (χ2v) is 4.98. The lowest BCUT2D eigenvalue weighted by molar-refractivity contribution is -0.440. The van der Waals surface area contributed by atoms with Gasteiger partial charge in [0.1, 0.15) is 0 Å². The first-order valence-electron chi connectivity index (χ1n) is 5.66. The zero-order valence-electron chi connectivity index (χ0n) is 11.3. The van der Waals surface area contributed by atoms with Gasteiger partial charge in [0, 0.05) is 13.0 Å². The highest BCUT2D eigenvalue weighted by Gasteiger charge is 2.90. The predicted octanol–water partition coefficient (Wildman–Crippen LogP) is 3.95. The van der Waals surface area contributed by atoms with Crippen molar-refractivity contribution in [1.82, 2.24) is 5.32 Å². The van der Waals surface area contributed by atoms with Crippen LogP contribution < -0.4 is 11.1 Å². The quantitative estimate of drug-likeness (QED) is 0.482. The number of hydrogen-bond donors (Lipinski definition) is 2. The van der Waals surface area contributed by atoms with E-state index in [-0.39, 0.29) is 0 Å². The molecular formula is C9H7F13N2S. The fourth-order valence-corrected chi connectivity index (χ4v) is 1.40. The summed E-state index contributed by atoms with van der Waals surface area (Å²) >= 11 is 4.04. The molecule has 0 aromatic carbocycles. The number of thiocarbonyl (C=S) groups is 1. The van der Waals surface area contributed by atoms with Gasteiger partial charge >= 0.3 is 35.8 Å². The molecule has 0 unspecified atom stereocenters. The van der Waals surface area contributed by atoms with E-state index in [1.807, 2.05) is 0 Å². The van der Waals surface area contributed by atoms with Crippen LogP contribution in [0.5, 0.6) is 0 Å². The van der Waals surface area contributed by atoms with Crippen molar-refractivity contribution in [3.05, 3.63) is 0 Å². The Balaban J connectivity index is 5.90. The van der Waals surface area contributed by atoms with Crippen LogP contribution in [0.4, 0.5) is 57.1 Å². The molecule has 0 spiro atoms. The van der Waals surface area contributed by atoms with Gasteiger partial charge < -0.3 is 11.1 Å². The first kappa shape index (κ1) is 23.8. The highest BCUT2D eigenvalue weighted by molar-refractivity contribution is 7.80. The fraction of sp³-hybridized carbons (Fsp3) is 0.889. The molecule has 0 atom stereocenters. The van der Waals surface area contributed by atoms with Crippen molar-refractivity contribution < 1.29 is 57.1 Å². The minimum Gasteiger partial charge on any atom is -0.376 e. The Labute approximate surface area is 135 Å². The Kier molecular flexibility index (Phi) is 6.18. The summed E-state index contributed by atoms with van der Waals surface area (Å²) in [6.07, 6.45) is -9.81. The SMILES string of the molecule is NC(=S)NCCC(F)(F)C(F)(F)C(F)(F)C(F)(F)C(F)(F)C(F)(F)F. The molecule has 25 heavy (non-hydrogen) atoms. The maximum atomic E-state index is 13.1. The molecule has 0 aromatic rings. The van der Waals surface area contributed by atoms with Crippen molar-refractivity contribution >= 4 is 17.3 Å². The average Bonchev–Trinajstić information content (AvgIpc) is 2.35. The van der Waals surface area contributed by atoms with Gasteiger partial charge in [-0.05, 0) is 12.2 Å². The molecule has 150 valence electrons. The third-order valence-electron chi connectivity index (χ3n) is 2.74. The van der Waals surface area contributed by atoms with Crippen LogP contribution in [0.15, 0.2) is 0 Å². The van der Waals surface area contributed by atoms with Crippen molar-refractivity contribution in [3.8, 4) is 0 Å². The molecule has 0 fully saturated rings. The molecule has 16 heteroatoms. The van der Waals surface area contributed by atoms with Crippen molar-refractivity contribution in [3.63, 3.8) is 0 Å². The normalized spacial score (nSPS) is 15.2. The van der Waals surface area contributed by atoms with Crippen LogP contribution in [0.2, 0.25) is 0 Å². The van der Waals surface area contributed by atoms with E-state index >= 15 is 0 Å². The van der Waals surface area contributed by atoms with Gasteiger partial charge in [0.05, 0.1) is 0 Å². The van der Waals surface area contributed by atoms with Crippen LogP contribution in [0.25, 0.3) is 0 Å². The third-order valence-corrected chi connectivity index (χ3v) is 2.88. The molecule has 0 amide bonds. The zero-order chi connectivity index (χ0) is 20.7. The molecule has 0 saturated heterocycles. The molecule has 0 aromatic heterocycles. The van der Waals surface area contributed by atoms with Crippen LogP contribution in [-0.2, 0) is 0 Å². The summed E-state index contributed by atoms with van der Waals surface area (Å²) in [6.45, 7) is -1.39. The summed E-state index contributed by atoms with van der Waals surface area (Å²) in [5, 5.41) is 0.762. The summed E-state index contributed by atoms with van der Waals surface area (Å²) in [4.78, 5) is 0. The number of hydrogen-bond acceptors (Lipinski definition) is 1. The zero-order valence-corrected chi connectivity index (χ0v) is 12.1. The summed E-state index contributed by atoms with van der Waals surface area (Å²) < 4.78 is 165. The number of nitrogens with one attached hydrogen (secondary N) is 1. The topological polar surface area (TPSA) is 38.0 Å². The van der Waals surface area contributed by atoms with Gasteiger partial charge in [0.15, 0.2) is 5.11 Å². The van der Waals surface area contributed by atoms with E-state index in [0.29, 0.717) is 0 Å². The lowest BCUT2D eigenvalue weighted by atomic mass is 9.92. The van der Waals surface area contributed by atoms with Crippen molar-refractivity contribution in [2.24, 2.45) is 5.73 Å². The molecule has 0 radical (unpaired) electrons. The number of alkyl halides is 13. The predicted molar refractivity (Wildman–Crippen MR) is 60.2 cm³/mol. The van der Waals surface area contributed by atoms with Gasteiger partial charge in [-0.3, -0.25) is 0 Å². The fourth-order valence-electron chi connectivity index (χ4n) is 1.30. The minimum atomic E-state index is -7.89. The highest BCUT2D eigenvalue weighted by atomic mass is 32.1. The monoisotopic (exact) mass is 422 g/mol. The molecule has 0 rings (SSSR count). The summed E-state index contributed by atoms with van der Waals surface area (Å²) in [7, 11) is 0. The average molecular weight is 422 g/mol. The standard InChI is InChI=1S/C9H7F13N2S/c10-4(11,1-2-24-3(23)25)5(12,13)6(14,15)7(16,17)8(18,19)9(20,21)22/h1-2H2,(H3,23,24,25). The maximum absolute atomic E-state index is 13.1. The van der Waals surface area contributed by atoms with Crippen molar-refractivity contribution in [2.75, 3.05) is 6.54 Å². The van der Waals surface area contributed by atoms with E-state index in [9.17, 15) is 57.1 Å². The van der Waals surface area contributed by atoms with Crippen LogP contribution in [-0.4, -0.2) is 47.4 Å². The highest BCUT2D eigenvalue weighted by Crippen LogP contribution is 2.60. The lowest BCUT2D eigenvalue weighted by Gasteiger charge is -2.39. The molecule has 0 aliphatic rings. The summed E-state index contributed by atoms with van der Waals surface area (Å²) in [5.74, 6) is -36.8. The third kappa shape index (κ3) is 3.81. The second-order valence-electron chi connectivity index (χ2n) is 4.54. The molecule has 0 bridgehead atoms. The Bertz CT molecular complexity index is 498. The van der Waals surface area contributed by atoms with Gasteiger partial charge in [-0.1, -0.05) is 0 Å². The van der Waals surface area contributed by atoms with Gasteiger partial charge in [0.25, 0.3) is 0 Å². The van der Waals surface area contributed by atoms with Gasteiger partial charge in [-0.15, -0.1) is 0 Å². The first-order valence-corrected chi connectivity index (χ1v) is 6.06. The van der Waals surface area contributed by atoms with Crippen LogP contribution in [0.1, 0.15) is 6.42 Å². The molecule has 0 saturated carbocycles. The lowest BCUT2D eigenvalue weighted by Crippen LogP contribution is -2.70. The van der Waals surface area contributed by atoms with Crippen LogP contribution in [0.3, 0.4) is 0 Å². The van der Waals surface area contributed by atoms with Gasteiger partial charge in [0.2, 0.25) is 0 Å². The number of halogens is 13. The molecule has 0 aliphatic heterocycles. The van der Waals surface area contributed by atoms with Gasteiger partial charge in [-0.2, -0.15) is 57.1 Å². The number of rotatable bonds is 7. The molecule has 0 aliphatic carbocycles. The van der Waals surface area contributed by atoms with E-state index in [1.54, 1.807) is 5.32 Å². The van der Waals surface area contributed by atoms with E-state index in [1.165, 1.54) is 0 Å². The van der Waals surface area contributed by atoms with E-state index < -0.39 is 53.9 Å². The Morgan fingerprint density at radius 1 is 0.680 bits per heavy atom. The Hall–Kier alpha value is -1.22. The first-order chi connectivity index (χ1) is 10.7. The largest absolute Gasteiger partial charge is 0.460 e. The Morgan fingerprint density at radius 3 is 1.36 bits per heavy atom. The summed E-state index contributed by atoms with van der Waals surface area (Å²) in [5.41, 5.74) is 4.69. The molecule has 3 N–H and O–H groups in total. The molecule has 0 heterocycles. The summed E-state index contributed by atoms with van der Waals surface area (Å²) in [6, 6.07) is 0. The maximum Gasteiger partial charge on any atom is 0.460 e. The van der Waals surface area contributed by atoms with E-state index in [4.69, 9.17) is 0 Å². The second kappa shape index (κ2) is 6.50. The van der Waals surface area contributed by atoms with Crippen molar-refractivity contribution in [2.45, 2.75) is 42.2 Å². The van der Waals surface area contributed by atoms with E-state index in [2.05, 4.69) is 18.0 Å². The minimum absolute atomic E-state index is 0.792. The van der Waals surface area contributed by atoms with Gasteiger partial charge in [-0.25, -0.2) is 0 Å². The van der Waals surface area contributed by atoms with Crippen LogP contribution in [0, 0.1) is 0 Å². The molecule has 2 nitrogen and oxygen atoms in total.